The zero-order chi connectivity index (χ0) is 21.0. The molecule has 0 bridgehead atoms. The average molecular weight is 478 g/mol. The van der Waals surface area contributed by atoms with Crippen LogP contribution in [0.2, 0.25) is 0 Å². The van der Waals surface area contributed by atoms with Crippen LogP contribution in [0.3, 0.4) is 0 Å². The van der Waals surface area contributed by atoms with Crippen molar-refractivity contribution in [3.8, 4) is 5.75 Å². The second kappa shape index (κ2) is 8.80. The van der Waals surface area contributed by atoms with Crippen LogP contribution in [0, 0.1) is 10.1 Å². The highest BCUT2D eigenvalue weighted by Crippen LogP contribution is 2.29. The van der Waals surface area contributed by atoms with Crippen LogP contribution < -0.4 is 10.2 Å². The highest BCUT2D eigenvalue weighted by Gasteiger charge is 2.13. The maximum Gasteiger partial charge on any atom is 0.341 e. The standard InChI is InChI=1S/C18H12BrN3O6S/c19-12-1-3-14(28-9-17(23)24)11(5-12)8-20-21-18(25)16-7-10-6-13(22(26)27)2-4-15(10)29-16/h1-8H,9H2,(H,21,25)(H,23,24). The summed E-state index contributed by atoms with van der Waals surface area (Å²) in [5.41, 5.74) is 2.79. The van der Waals surface area contributed by atoms with Gasteiger partial charge in [-0.25, -0.2) is 10.2 Å². The number of nitro benzene ring substituents is 1. The summed E-state index contributed by atoms with van der Waals surface area (Å²) < 4.78 is 6.65. The summed E-state index contributed by atoms with van der Waals surface area (Å²) in [4.78, 5) is 33.7. The summed E-state index contributed by atoms with van der Waals surface area (Å²) in [7, 11) is 0. The van der Waals surface area contributed by atoms with E-state index in [0.29, 0.717) is 21.6 Å². The Balaban J connectivity index is 1.74. The van der Waals surface area contributed by atoms with Gasteiger partial charge in [-0.1, -0.05) is 15.9 Å². The first-order valence-electron chi connectivity index (χ1n) is 7.99. The smallest absolute Gasteiger partial charge is 0.341 e. The molecule has 0 aliphatic rings. The lowest BCUT2D eigenvalue weighted by Gasteiger charge is -2.07. The quantitative estimate of drug-likeness (QED) is 0.302. The van der Waals surface area contributed by atoms with E-state index in [4.69, 9.17) is 9.84 Å². The number of hydrazone groups is 1. The Kier molecular flexibility index (Phi) is 6.20. The molecule has 0 unspecified atom stereocenters. The fraction of sp³-hybridized carbons (Fsp3) is 0.0556. The SMILES string of the molecule is O=C(O)COc1ccc(Br)cc1C=NNC(=O)c1cc2cc([N+](=O)[O-])ccc2s1. The minimum atomic E-state index is -1.12. The highest BCUT2D eigenvalue weighted by molar-refractivity contribution is 9.10. The topological polar surface area (TPSA) is 131 Å². The lowest BCUT2D eigenvalue weighted by Crippen LogP contribution is -2.16. The van der Waals surface area contributed by atoms with Gasteiger partial charge < -0.3 is 9.84 Å². The monoisotopic (exact) mass is 477 g/mol. The van der Waals surface area contributed by atoms with Crippen molar-refractivity contribution < 1.29 is 24.4 Å². The van der Waals surface area contributed by atoms with E-state index in [2.05, 4.69) is 26.5 Å². The van der Waals surface area contributed by atoms with E-state index in [1.54, 1.807) is 30.3 Å². The number of benzene rings is 2. The van der Waals surface area contributed by atoms with Crippen molar-refractivity contribution in [3.05, 3.63) is 67.5 Å². The summed E-state index contributed by atoms with van der Waals surface area (Å²) >= 11 is 4.49. The van der Waals surface area contributed by atoms with Crippen LogP contribution in [0.25, 0.3) is 10.1 Å². The van der Waals surface area contributed by atoms with Crippen LogP contribution in [0.4, 0.5) is 5.69 Å². The molecular weight excluding hydrogens is 466 g/mol. The second-order valence-electron chi connectivity index (χ2n) is 5.65. The number of amides is 1. The number of hydrogen-bond acceptors (Lipinski definition) is 7. The van der Waals surface area contributed by atoms with Gasteiger partial charge in [-0.2, -0.15) is 5.10 Å². The molecule has 29 heavy (non-hydrogen) atoms. The Labute approximate surface area is 175 Å². The molecule has 11 heteroatoms. The molecule has 2 aromatic carbocycles. The number of nitro groups is 1. The summed E-state index contributed by atoms with van der Waals surface area (Å²) in [6.45, 7) is -0.511. The van der Waals surface area contributed by atoms with E-state index in [1.165, 1.54) is 29.7 Å². The molecule has 1 aromatic heterocycles. The molecule has 2 N–H and O–H groups in total. The molecule has 0 atom stereocenters. The van der Waals surface area contributed by atoms with Crippen LogP contribution in [0.15, 0.2) is 52.0 Å². The van der Waals surface area contributed by atoms with Crippen molar-refractivity contribution in [2.24, 2.45) is 5.10 Å². The number of halogens is 1. The number of thiophene rings is 1. The average Bonchev–Trinajstić information content (AvgIpc) is 3.10. The van der Waals surface area contributed by atoms with Gasteiger partial charge in [0.2, 0.25) is 0 Å². The molecule has 0 aliphatic heterocycles. The third-order valence-electron chi connectivity index (χ3n) is 3.63. The molecule has 0 radical (unpaired) electrons. The fourth-order valence-corrected chi connectivity index (χ4v) is 3.67. The number of carboxylic acid groups (broad SMARTS) is 1. The molecule has 0 aliphatic carbocycles. The zero-order valence-corrected chi connectivity index (χ0v) is 16.9. The summed E-state index contributed by atoms with van der Waals surface area (Å²) in [6.07, 6.45) is 1.33. The van der Waals surface area contributed by atoms with Crippen LogP contribution >= 0.6 is 27.3 Å². The molecule has 3 aromatic rings. The van der Waals surface area contributed by atoms with Crippen LogP contribution in [0.5, 0.6) is 5.75 Å². The van der Waals surface area contributed by atoms with Crippen molar-refractivity contribution in [2.45, 2.75) is 0 Å². The molecule has 148 valence electrons. The minimum Gasteiger partial charge on any atom is -0.481 e. The van der Waals surface area contributed by atoms with E-state index in [0.717, 1.165) is 9.17 Å². The lowest BCUT2D eigenvalue weighted by molar-refractivity contribution is -0.384. The van der Waals surface area contributed by atoms with Gasteiger partial charge in [0, 0.05) is 32.3 Å². The summed E-state index contributed by atoms with van der Waals surface area (Å²) in [6, 6.07) is 10.8. The van der Waals surface area contributed by atoms with Crippen molar-refractivity contribution in [3.63, 3.8) is 0 Å². The number of nitrogens with one attached hydrogen (secondary N) is 1. The van der Waals surface area contributed by atoms with Gasteiger partial charge in [0.15, 0.2) is 6.61 Å². The Hall–Kier alpha value is -3.31. The molecule has 0 saturated heterocycles. The van der Waals surface area contributed by atoms with E-state index < -0.39 is 23.4 Å². The minimum absolute atomic E-state index is 0.0520. The number of carbonyl (C=O) groups excluding carboxylic acids is 1. The van der Waals surface area contributed by atoms with Gasteiger partial charge in [-0.3, -0.25) is 14.9 Å². The molecule has 0 spiro atoms. The maximum absolute atomic E-state index is 12.3. The predicted octanol–water partition coefficient (Wildman–Crippen LogP) is 3.80. The van der Waals surface area contributed by atoms with Gasteiger partial charge in [0.1, 0.15) is 5.75 Å². The molecule has 1 amide bonds. The summed E-state index contributed by atoms with van der Waals surface area (Å²) in [5.74, 6) is -1.30. The first-order valence-corrected chi connectivity index (χ1v) is 9.60. The Morgan fingerprint density at radius 2 is 2.07 bits per heavy atom. The van der Waals surface area contributed by atoms with Gasteiger partial charge >= 0.3 is 5.97 Å². The zero-order valence-electron chi connectivity index (χ0n) is 14.5. The summed E-state index contributed by atoms with van der Waals surface area (Å²) in [5, 5.41) is 24.1. The molecule has 9 nitrogen and oxygen atoms in total. The lowest BCUT2D eigenvalue weighted by atomic mass is 10.2. The second-order valence-corrected chi connectivity index (χ2v) is 7.65. The Bertz CT molecular complexity index is 1140. The van der Waals surface area contributed by atoms with Crippen molar-refractivity contribution >= 4 is 61.1 Å². The number of carboxylic acids is 1. The van der Waals surface area contributed by atoms with E-state index in [1.807, 2.05) is 0 Å². The van der Waals surface area contributed by atoms with Gasteiger partial charge in [-0.15, -0.1) is 11.3 Å². The largest absolute Gasteiger partial charge is 0.481 e. The molecule has 1 heterocycles. The molecular formula is C18H12BrN3O6S. The van der Waals surface area contributed by atoms with Gasteiger partial charge in [0.05, 0.1) is 16.0 Å². The Morgan fingerprint density at radius 1 is 1.28 bits per heavy atom. The highest BCUT2D eigenvalue weighted by atomic mass is 79.9. The normalized spacial score (nSPS) is 10.9. The molecule has 3 rings (SSSR count). The van der Waals surface area contributed by atoms with Crippen molar-refractivity contribution in [1.29, 1.82) is 0 Å². The van der Waals surface area contributed by atoms with Crippen LogP contribution in [0.1, 0.15) is 15.2 Å². The number of nitrogens with zero attached hydrogens (tertiary/aromatic N) is 2. The van der Waals surface area contributed by atoms with Crippen LogP contribution in [-0.4, -0.2) is 34.7 Å². The Morgan fingerprint density at radius 3 is 2.79 bits per heavy atom. The van der Waals surface area contributed by atoms with Crippen LogP contribution in [-0.2, 0) is 4.79 Å². The number of hydrogen-bond donors (Lipinski definition) is 2. The van der Waals surface area contributed by atoms with Crippen molar-refractivity contribution in [1.82, 2.24) is 5.43 Å². The number of rotatable bonds is 7. The number of non-ortho nitro benzene ring substituents is 1. The maximum atomic E-state index is 12.3. The third-order valence-corrected chi connectivity index (χ3v) is 5.24. The van der Waals surface area contributed by atoms with Crippen molar-refractivity contribution in [2.75, 3.05) is 6.61 Å². The fourth-order valence-electron chi connectivity index (χ4n) is 2.36. The number of ether oxygens (including phenoxy) is 1. The first-order chi connectivity index (χ1) is 13.8. The third kappa shape index (κ3) is 5.15. The van der Waals surface area contributed by atoms with E-state index >= 15 is 0 Å². The number of aliphatic carboxylic acids is 1. The van der Waals surface area contributed by atoms with E-state index in [9.17, 15) is 19.7 Å². The van der Waals surface area contributed by atoms with E-state index in [-0.39, 0.29) is 5.69 Å². The molecule has 0 fully saturated rings. The van der Waals surface area contributed by atoms with Gasteiger partial charge in [-0.05, 0) is 30.3 Å². The predicted molar refractivity (Wildman–Crippen MR) is 111 cm³/mol. The number of carbonyl (C=O) groups is 2. The first kappa shape index (κ1) is 20.4. The van der Waals surface area contributed by atoms with Gasteiger partial charge in [0.25, 0.3) is 11.6 Å². The molecule has 0 saturated carbocycles. The number of fused-ring (bicyclic) bond motifs is 1.